The molecule has 0 N–H and O–H groups in total. The van der Waals surface area contributed by atoms with Crippen molar-refractivity contribution in [1.82, 2.24) is 19.5 Å². The number of carbonyl (C=O) groups excluding carboxylic acids is 1. The smallest absolute Gasteiger partial charge is 0.272 e. The largest absolute Gasteiger partial charge is 0.378 e. The van der Waals surface area contributed by atoms with Gasteiger partial charge in [0.05, 0.1) is 18.9 Å². The van der Waals surface area contributed by atoms with Gasteiger partial charge in [-0.25, -0.2) is 9.50 Å². The Morgan fingerprint density at radius 3 is 2.94 bits per heavy atom. The molecular weight excluding hydrogens is 232 g/mol. The van der Waals surface area contributed by atoms with Gasteiger partial charge in [-0.05, 0) is 13.0 Å². The molecule has 0 aliphatic carbocycles. The second-order valence-corrected chi connectivity index (χ2v) is 4.29. The summed E-state index contributed by atoms with van der Waals surface area (Å²) < 4.78 is 6.85. The number of hydrogen-bond acceptors (Lipinski definition) is 4. The standard InChI is InChI=1S/C12H14N4O2/c1-9-8-11-13-3-2-10(16(11)14-9)12(17)15-4-6-18-7-5-15/h2-3,8H,4-7H2,1H3. The van der Waals surface area contributed by atoms with Crippen LogP contribution in [0.3, 0.4) is 0 Å². The van der Waals surface area contributed by atoms with E-state index in [-0.39, 0.29) is 5.91 Å². The van der Waals surface area contributed by atoms with Crippen LogP contribution >= 0.6 is 0 Å². The van der Waals surface area contributed by atoms with Crippen molar-refractivity contribution >= 4 is 11.6 Å². The second-order valence-electron chi connectivity index (χ2n) is 4.29. The highest BCUT2D eigenvalue weighted by molar-refractivity contribution is 5.93. The van der Waals surface area contributed by atoms with Gasteiger partial charge in [0.1, 0.15) is 5.69 Å². The number of aryl methyl sites for hydroxylation is 1. The summed E-state index contributed by atoms with van der Waals surface area (Å²) in [5, 5.41) is 4.30. The summed E-state index contributed by atoms with van der Waals surface area (Å²) in [6.45, 7) is 4.33. The molecule has 1 amide bonds. The van der Waals surface area contributed by atoms with Gasteiger partial charge in [-0.15, -0.1) is 0 Å². The van der Waals surface area contributed by atoms with E-state index in [1.807, 2.05) is 13.0 Å². The molecule has 0 aromatic carbocycles. The first-order valence-corrected chi connectivity index (χ1v) is 5.94. The van der Waals surface area contributed by atoms with Crippen LogP contribution < -0.4 is 0 Å². The van der Waals surface area contributed by atoms with Gasteiger partial charge in [0.15, 0.2) is 5.65 Å². The van der Waals surface area contributed by atoms with Crippen LogP contribution in [0.15, 0.2) is 18.3 Å². The molecule has 0 spiro atoms. The second kappa shape index (κ2) is 4.38. The molecule has 18 heavy (non-hydrogen) atoms. The van der Waals surface area contributed by atoms with Gasteiger partial charge in [-0.2, -0.15) is 5.10 Å². The molecule has 0 radical (unpaired) electrons. The van der Waals surface area contributed by atoms with Gasteiger partial charge in [0.25, 0.3) is 5.91 Å². The number of hydrogen-bond donors (Lipinski definition) is 0. The van der Waals surface area contributed by atoms with Gasteiger partial charge in [0.2, 0.25) is 0 Å². The van der Waals surface area contributed by atoms with Crippen molar-refractivity contribution in [1.29, 1.82) is 0 Å². The van der Waals surface area contributed by atoms with Crippen molar-refractivity contribution in [2.24, 2.45) is 0 Å². The molecule has 6 heteroatoms. The van der Waals surface area contributed by atoms with Crippen LogP contribution in [0.4, 0.5) is 0 Å². The van der Waals surface area contributed by atoms with Crippen LogP contribution in [0, 0.1) is 6.92 Å². The Hall–Kier alpha value is -1.95. The van der Waals surface area contributed by atoms with Gasteiger partial charge in [0, 0.05) is 25.4 Å². The zero-order valence-corrected chi connectivity index (χ0v) is 10.2. The van der Waals surface area contributed by atoms with Crippen LogP contribution in [0.1, 0.15) is 16.2 Å². The molecule has 0 atom stereocenters. The lowest BCUT2D eigenvalue weighted by molar-refractivity contribution is 0.0297. The summed E-state index contributed by atoms with van der Waals surface area (Å²) in [6.07, 6.45) is 1.64. The van der Waals surface area contributed by atoms with Crippen molar-refractivity contribution in [3.63, 3.8) is 0 Å². The molecule has 1 aliphatic rings. The molecule has 3 rings (SSSR count). The maximum Gasteiger partial charge on any atom is 0.272 e. The molecule has 2 aromatic rings. The van der Waals surface area contributed by atoms with Crippen molar-refractivity contribution in [2.45, 2.75) is 6.92 Å². The molecule has 0 unspecified atom stereocenters. The van der Waals surface area contributed by atoms with Crippen molar-refractivity contribution in [3.05, 3.63) is 29.7 Å². The molecule has 1 aliphatic heterocycles. The summed E-state index contributed by atoms with van der Waals surface area (Å²) in [7, 11) is 0. The minimum atomic E-state index is -0.0196. The molecule has 94 valence electrons. The zero-order chi connectivity index (χ0) is 12.5. The number of fused-ring (bicyclic) bond motifs is 1. The van der Waals surface area contributed by atoms with Crippen LogP contribution in [0.25, 0.3) is 5.65 Å². The lowest BCUT2D eigenvalue weighted by Gasteiger charge is -2.26. The number of rotatable bonds is 1. The predicted molar refractivity (Wildman–Crippen MR) is 64.4 cm³/mol. The minimum absolute atomic E-state index is 0.0196. The van der Waals surface area contributed by atoms with Crippen LogP contribution in [-0.2, 0) is 4.74 Å². The topological polar surface area (TPSA) is 59.7 Å². The number of ether oxygens (including phenoxy) is 1. The first kappa shape index (κ1) is 11.2. The highest BCUT2D eigenvalue weighted by Crippen LogP contribution is 2.10. The Balaban J connectivity index is 2.00. The SMILES string of the molecule is Cc1cc2nccc(C(=O)N3CCOCC3)n2n1. The van der Waals surface area contributed by atoms with E-state index in [1.54, 1.807) is 21.7 Å². The Bertz CT molecular complexity index is 587. The van der Waals surface area contributed by atoms with E-state index in [9.17, 15) is 4.79 Å². The summed E-state index contributed by atoms with van der Waals surface area (Å²) in [5.74, 6) is -0.0196. The Labute approximate surface area is 104 Å². The summed E-state index contributed by atoms with van der Waals surface area (Å²) in [4.78, 5) is 18.4. The molecule has 1 saturated heterocycles. The number of nitrogens with zero attached hydrogens (tertiary/aromatic N) is 4. The maximum atomic E-state index is 12.4. The van der Waals surface area contributed by atoms with Gasteiger partial charge < -0.3 is 9.64 Å². The van der Waals surface area contributed by atoms with Crippen LogP contribution in [-0.4, -0.2) is 51.7 Å². The average Bonchev–Trinajstić information content (AvgIpc) is 2.79. The maximum absolute atomic E-state index is 12.4. The quantitative estimate of drug-likeness (QED) is 0.735. The third kappa shape index (κ3) is 1.84. The van der Waals surface area contributed by atoms with E-state index in [2.05, 4.69) is 10.1 Å². The minimum Gasteiger partial charge on any atom is -0.378 e. The molecule has 0 saturated carbocycles. The number of aromatic nitrogens is 3. The molecule has 2 aromatic heterocycles. The van der Waals surface area contributed by atoms with Crippen molar-refractivity contribution in [2.75, 3.05) is 26.3 Å². The lowest BCUT2D eigenvalue weighted by Crippen LogP contribution is -2.41. The van der Waals surface area contributed by atoms with Crippen molar-refractivity contribution < 1.29 is 9.53 Å². The predicted octanol–water partition coefficient (Wildman–Crippen LogP) is 0.510. The molecule has 3 heterocycles. The van der Waals surface area contributed by atoms with Gasteiger partial charge >= 0.3 is 0 Å². The highest BCUT2D eigenvalue weighted by atomic mass is 16.5. The van der Waals surface area contributed by atoms with E-state index in [4.69, 9.17) is 4.74 Å². The monoisotopic (exact) mass is 246 g/mol. The van der Waals surface area contributed by atoms with E-state index in [0.29, 0.717) is 37.6 Å². The fourth-order valence-corrected chi connectivity index (χ4v) is 2.10. The molecule has 0 bridgehead atoms. The molecule has 6 nitrogen and oxygen atoms in total. The Morgan fingerprint density at radius 1 is 1.39 bits per heavy atom. The third-order valence-corrected chi connectivity index (χ3v) is 3.00. The number of amides is 1. The normalized spacial score (nSPS) is 16.2. The molecular formula is C12H14N4O2. The van der Waals surface area contributed by atoms with Crippen LogP contribution in [0.5, 0.6) is 0 Å². The van der Waals surface area contributed by atoms with E-state index >= 15 is 0 Å². The third-order valence-electron chi connectivity index (χ3n) is 3.00. The van der Waals surface area contributed by atoms with E-state index < -0.39 is 0 Å². The first-order chi connectivity index (χ1) is 8.75. The number of carbonyl (C=O) groups is 1. The number of morpholine rings is 1. The Kier molecular flexibility index (Phi) is 2.71. The van der Waals surface area contributed by atoms with Crippen LogP contribution in [0.2, 0.25) is 0 Å². The summed E-state index contributed by atoms with van der Waals surface area (Å²) in [5.41, 5.74) is 2.10. The first-order valence-electron chi connectivity index (χ1n) is 5.94. The lowest BCUT2D eigenvalue weighted by atomic mass is 10.3. The molecule has 1 fully saturated rings. The highest BCUT2D eigenvalue weighted by Gasteiger charge is 2.21. The van der Waals surface area contributed by atoms with E-state index in [0.717, 1.165) is 5.69 Å². The van der Waals surface area contributed by atoms with Gasteiger partial charge in [-0.3, -0.25) is 4.79 Å². The van der Waals surface area contributed by atoms with E-state index in [1.165, 1.54) is 0 Å². The van der Waals surface area contributed by atoms with Gasteiger partial charge in [-0.1, -0.05) is 0 Å². The van der Waals surface area contributed by atoms with Crippen molar-refractivity contribution in [3.8, 4) is 0 Å². The average molecular weight is 246 g/mol. The summed E-state index contributed by atoms with van der Waals surface area (Å²) in [6, 6.07) is 3.56. The zero-order valence-electron chi connectivity index (χ0n) is 10.2. The summed E-state index contributed by atoms with van der Waals surface area (Å²) >= 11 is 0. The fraction of sp³-hybridized carbons (Fsp3) is 0.417. The fourth-order valence-electron chi connectivity index (χ4n) is 2.10. The Morgan fingerprint density at radius 2 is 2.17 bits per heavy atom.